The molecule has 1 aliphatic rings. The molecule has 2 rings (SSSR count). The molecule has 0 amide bonds. The van der Waals surface area contributed by atoms with Crippen LogP contribution >= 0.6 is 0 Å². The van der Waals surface area contributed by atoms with Crippen LogP contribution < -0.4 is 0 Å². The van der Waals surface area contributed by atoms with Gasteiger partial charge in [-0.25, -0.2) is 0 Å². The maximum atomic E-state index is 12.2. The van der Waals surface area contributed by atoms with E-state index in [4.69, 9.17) is 4.84 Å². The number of hydrogen-bond acceptors (Lipinski definition) is 4. The summed E-state index contributed by atoms with van der Waals surface area (Å²) in [4.78, 5) is 19.7. The van der Waals surface area contributed by atoms with Crippen LogP contribution in [-0.4, -0.2) is 36.5 Å². The second kappa shape index (κ2) is 8.82. The molecule has 4 nitrogen and oxygen atoms in total. The number of oxime groups is 1. The first-order valence-corrected chi connectivity index (χ1v) is 8.50. The molecule has 1 saturated heterocycles. The molecule has 0 bridgehead atoms. The van der Waals surface area contributed by atoms with Gasteiger partial charge in [0, 0.05) is 12.6 Å². The van der Waals surface area contributed by atoms with Crippen molar-refractivity contribution in [2.45, 2.75) is 45.8 Å². The van der Waals surface area contributed by atoms with Gasteiger partial charge in [0.25, 0.3) is 0 Å². The first-order valence-electron chi connectivity index (χ1n) is 8.50. The number of carbonyl (C=O) groups excluding carboxylic acids is 1. The second-order valence-electron chi connectivity index (χ2n) is 6.61. The average molecular weight is 316 g/mol. The molecule has 0 radical (unpaired) electrons. The summed E-state index contributed by atoms with van der Waals surface area (Å²) in [6.07, 6.45) is 4.37. The van der Waals surface area contributed by atoms with Crippen LogP contribution in [0.3, 0.4) is 0 Å². The van der Waals surface area contributed by atoms with Gasteiger partial charge in [-0.1, -0.05) is 49.3 Å². The highest BCUT2D eigenvalue weighted by Gasteiger charge is 2.33. The lowest BCUT2D eigenvalue weighted by Crippen LogP contribution is -2.48. The van der Waals surface area contributed by atoms with Gasteiger partial charge >= 0.3 is 0 Å². The van der Waals surface area contributed by atoms with Gasteiger partial charge in [-0.15, -0.1) is 0 Å². The van der Waals surface area contributed by atoms with Crippen LogP contribution in [0.2, 0.25) is 0 Å². The molecular weight excluding hydrogens is 288 g/mol. The van der Waals surface area contributed by atoms with E-state index in [0.717, 1.165) is 31.4 Å². The molecule has 1 heterocycles. The summed E-state index contributed by atoms with van der Waals surface area (Å²) in [6.45, 7) is 5.87. The molecule has 3 atom stereocenters. The molecule has 0 aliphatic carbocycles. The minimum absolute atomic E-state index is 0.0531. The maximum Gasteiger partial charge on any atom is 0.150 e. The van der Waals surface area contributed by atoms with Crippen molar-refractivity contribution in [3.63, 3.8) is 0 Å². The summed E-state index contributed by atoms with van der Waals surface area (Å²) < 4.78 is 0. The molecule has 1 aromatic rings. The summed E-state index contributed by atoms with van der Waals surface area (Å²) in [5, 5.41) is 4.05. The highest BCUT2D eigenvalue weighted by Crippen LogP contribution is 2.26. The Morgan fingerprint density at radius 3 is 2.78 bits per heavy atom. The fourth-order valence-electron chi connectivity index (χ4n) is 3.20. The van der Waals surface area contributed by atoms with Gasteiger partial charge in [0.15, 0.2) is 0 Å². The van der Waals surface area contributed by atoms with Crippen LogP contribution in [0.1, 0.15) is 38.7 Å². The van der Waals surface area contributed by atoms with Crippen LogP contribution in [0.4, 0.5) is 0 Å². The van der Waals surface area contributed by atoms with Crippen LogP contribution in [0.5, 0.6) is 0 Å². The summed E-state index contributed by atoms with van der Waals surface area (Å²) in [5.41, 5.74) is 1.11. The van der Waals surface area contributed by atoms with E-state index < -0.39 is 0 Å². The number of nitrogens with zero attached hydrogens (tertiary/aromatic N) is 2. The van der Waals surface area contributed by atoms with Crippen molar-refractivity contribution in [1.82, 2.24) is 4.90 Å². The van der Waals surface area contributed by atoms with E-state index in [0.29, 0.717) is 24.2 Å². The molecule has 1 unspecified atom stereocenters. The molecule has 1 fully saturated rings. The van der Waals surface area contributed by atoms with Crippen LogP contribution in [0.25, 0.3) is 0 Å². The zero-order valence-corrected chi connectivity index (χ0v) is 14.4. The van der Waals surface area contributed by atoms with Gasteiger partial charge in [-0.2, -0.15) is 0 Å². The Morgan fingerprint density at radius 1 is 1.35 bits per heavy atom. The zero-order valence-electron chi connectivity index (χ0n) is 14.4. The van der Waals surface area contributed by atoms with Crippen molar-refractivity contribution >= 4 is 12.0 Å². The molecule has 23 heavy (non-hydrogen) atoms. The number of piperidine rings is 1. The molecule has 1 aromatic carbocycles. The number of hydrogen-bond donors (Lipinski definition) is 0. The van der Waals surface area contributed by atoms with Gasteiger partial charge < -0.3 is 4.84 Å². The Bertz CT molecular complexity index is 515. The van der Waals surface area contributed by atoms with Crippen molar-refractivity contribution in [2.75, 3.05) is 13.6 Å². The molecule has 4 heteroatoms. The SMILES string of the molecule is CC([C@H](C)C/C=N/OCc1ccccc1)[C@H]1C(=O)CCCN1C. The average Bonchev–Trinajstić information content (AvgIpc) is 2.55. The predicted molar refractivity (Wildman–Crippen MR) is 93.3 cm³/mol. The third kappa shape index (κ3) is 5.17. The molecule has 0 N–H and O–H groups in total. The van der Waals surface area contributed by atoms with Crippen molar-refractivity contribution < 1.29 is 9.63 Å². The summed E-state index contributed by atoms with van der Waals surface area (Å²) in [7, 11) is 2.06. The Morgan fingerprint density at radius 2 is 2.09 bits per heavy atom. The smallest absolute Gasteiger partial charge is 0.150 e. The van der Waals surface area contributed by atoms with E-state index in [-0.39, 0.29) is 6.04 Å². The lowest BCUT2D eigenvalue weighted by Gasteiger charge is -2.37. The molecule has 0 spiro atoms. The van der Waals surface area contributed by atoms with Gasteiger partial charge in [-0.3, -0.25) is 9.69 Å². The first-order chi connectivity index (χ1) is 11.1. The van der Waals surface area contributed by atoms with Gasteiger partial charge in [0.05, 0.1) is 6.04 Å². The standard InChI is InChI=1S/C19H28N2O2/c1-15(16(2)19-18(22)10-7-13-21(19)3)11-12-20-23-14-17-8-5-4-6-9-17/h4-6,8-9,12,15-16,19H,7,10-11,13-14H2,1-3H3/b20-12+/t15-,16?,19+/m1/s1. The lowest BCUT2D eigenvalue weighted by molar-refractivity contribution is -0.128. The van der Waals surface area contributed by atoms with E-state index in [1.807, 2.05) is 36.5 Å². The lowest BCUT2D eigenvalue weighted by atomic mass is 9.81. The number of ketones is 1. The normalized spacial score (nSPS) is 22.2. The van der Waals surface area contributed by atoms with Crippen LogP contribution in [-0.2, 0) is 16.2 Å². The van der Waals surface area contributed by atoms with Crippen molar-refractivity contribution in [2.24, 2.45) is 17.0 Å². The Balaban J connectivity index is 1.76. The highest BCUT2D eigenvalue weighted by molar-refractivity contribution is 5.85. The monoisotopic (exact) mass is 316 g/mol. The number of carbonyl (C=O) groups is 1. The van der Waals surface area contributed by atoms with E-state index in [1.165, 1.54) is 0 Å². The number of Topliss-reactive ketones (excluding diaryl/α,β-unsaturated/α-hetero) is 1. The maximum absolute atomic E-state index is 12.2. The Kier molecular flexibility index (Phi) is 6.78. The summed E-state index contributed by atoms with van der Waals surface area (Å²) in [5.74, 6) is 1.11. The van der Waals surface area contributed by atoms with Crippen molar-refractivity contribution in [3.8, 4) is 0 Å². The van der Waals surface area contributed by atoms with E-state index >= 15 is 0 Å². The highest BCUT2D eigenvalue weighted by atomic mass is 16.6. The fourth-order valence-corrected chi connectivity index (χ4v) is 3.20. The zero-order chi connectivity index (χ0) is 16.7. The summed E-state index contributed by atoms with van der Waals surface area (Å²) >= 11 is 0. The molecule has 0 aromatic heterocycles. The molecular formula is C19H28N2O2. The number of likely N-dealkylation sites (N-methyl/N-ethyl adjacent to an activating group) is 1. The minimum atomic E-state index is 0.0531. The van der Waals surface area contributed by atoms with E-state index in [9.17, 15) is 4.79 Å². The molecule has 1 aliphatic heterocycles. The first kappa shape index (κ1) is 17.7. The van der Waals surface area contributed by atoms with Crippen molar-refractivity contribution in [1.29, 1.82) is 0 Å². The topological polar surface area (TPSA) is 41.9 Å². The van der Waals surface area contributed by atoms with E-state index in [1.54, 1.807) is 0 Å². The molecule has 0 saturated carbocycles. The second-order valence-corrected chi connectivity index (χ2v) is 6.61. The summed E-state index contributed by atoms with van der Waals surface area (Å²) in [6, 6.07) is 10.1. The number of benzene rings is 1. The van der Waals surface area contributed by atoms with Gasteiger partial charge in [0.2, 0.25) is 0 Å². The van der Waals surface area contributed by atoms with Crippen LogP contribution in [0.15, 0.2) is 35.5 Å². The van der Waals surface area contributed by atoms with Gasteiger partial charge in [-0.05, 0) is 43.8 Å². The Hall–Kier alpha value is -1.68. The number of rotatable bonds is 7. The third-order valence-electron chi connectivity index (χ3n) is 4.83. The quantitative estimate of drug-likeness (QED) is 0.571. The van der Waals surface area contributed by atoms with E-state index in [2.05, 4.69) is 31.0 Å². The minimum Gasteiger partial charge on any atom is -0.391 e. The third-order valence-corrected chi connectivity index (χ3v) is 4.83. The van der Waals surface area contributed by atoms with Gasteiger partial charge in [0.1, 0.15) is 12.4 Å². The molecule has 126 valence electrons. The largest absolute Gasteiger partial charge is 0.391 e. The van der Waals surface area contributed by atoms with Crippen molar-refractivity contribution in [3.05, 3.63) is 35.9 Å². The number of likely N-dealkylation sites (tertiary alicyclic amines) is 1. The predicted octanol–water partition coefficient (Wildman–Crippen LogP) is 3.51. The Labute approximate surface area is 139 Å². The fraction of sp³-hybridized carbons (Fsp3) is 0.579. The van der Waals surface area contributed by atoms with Crippen LogP contribution in [0, 0.1) is 11.8 Å².